The number of rotatable bonds is 1. The lowest BCUT2D eigenvalue weighted by Crippen LogP contribution is -2.16. The third-order valence-electron chi connectivity index (χ3n) is 1.80. The minimum Gasteiger partial charge on any atom is -0.310 e. The summed E-state index contributed by atoms with van der Waals surface area (Å²) in [6.45, 7) is 6.55. The van der Waals surface area contributed by atoms with E-state index < -0.39 is 0 Å². The third kappa shape index (κ3) is 0.875. The Labute approximate surface area is 59.7 Å². The molecule has 10 heavy (non-hydrogen) atoms. The normalized spacial score (nSPS) is 10.3. The van der Waals surface area contributed by atoms with Gasteiger partial charge in [0.15, 0.2) is 0 Å². The van der Waals surface area contributed by atoms with Crippen molar-refractivity contribution < 1.29 is 0 Å². The summed E-state index contributed by atoms with van der Waals surface area (Å²) in [7, 11) is 0. The molecule has 0 fully saturated rings. The molecule has 1 rings (SSSR count). The van der Waals surface area contributed by atoms with Crippen molar-refractivity contribution in [1.29, 1.82) is 0 Å². The monoisotopic (exact) mass is 140 g/mol. The van der Waals surface area contributed by atoms with Gasteiger partial charge in [-0.2, -0.15) is 0 Å². The molecule has 0 atom stereocenters. The van der Waals surface area contributed by atoms with Crippen molar-refractivity contribution in [1.82, 2.24) is 9.55 Å². The molecule has 0 amide bonds. The van der Waals surface area contributed by atoms with E-state index in [1.54, 1.807) is 4.57 Å². The van der Waals surface area contributed by atoms with Crippen LogP contribution in [-0.4, -0.2) is 9.55 Å². The quantitative estimate of drug-likeness (QED) is 0.616. The zero-order chi connectivity index (χ0) is 7.72. The molecular formula is C7H12N2O. The van der Waals surface area contributed by atoms with E-state index in [1.807, 2.05) is 20.8 Å². The molecule has 1 N–H and O–H groups in total. The number of nitrogens with zero attached hydrogens (tertiary/aromatic N) is 1. The lowest BCUT2D eigenvalue weighted by molar-refractivity contribution is 0.707. The summed E-state index contributed by atoms with van der Waals surface area (Å²) in [6.07, 6.45) is 0. The van der Waals surface area contributed by atoms with Crippen LogP contribution in [0.2, 0.25) is 0 Å². The van der Waals surface area contributed by atoms with E-state index >= 15 is 0 Å². The molecular weight excluding hydrogens is 128 g/mol. The van der Waals surface area contributed by atoms with Gasteiger partial charge in [0.05, 0.1) is 0 Å². The molecule has 0 bridgehead atoms. The van der Waals surface area contributed by atoms with Crippen molar-refractivity contribution in [2.24, 2.45) is 0 Å². The van der Waals surface area contributed by atoms with Crippen molar-refractivity contribution in [3.05, 3.63) is 21.9 Å². The number of aromatic amines is 1. The zero-order valence-electron chi connectivity index (χ0n) is 6.56. The van der Waals surface area contributed by atoms with Crippen molar-refractivity contribution in [3.8, 4) is 0 Å². The third-order valence-corrected chi connectivity index (χ3v) is 1.80. The van der Waals surface area contributed by atoms with Crippen molar-refractivity contribution in [2.45, 2.75) is 27.3 Å². The molecule has 0 spiro atoms. The second-order valence-corrected chi connectivity index (χ2v) is 2.38. The first kappa shape index (κ1) is 7.12. The van der Waals surface area contributed by atoms with E-state index in [0.717, 1.165) is 17.9 Å². The van der Waals surface area contributed by atoms with Gasteiger partial charge >= 0.3 is 5.69 Å². The van der Waals surface area contributed by atoms with E-state index in [-0.39, 0.29) is 5.69 Å². The molecule has 3 heteroatoms. The minimum atomic E-state index is -0.00231. The van der Waals surface area contributed by atoms with E-state index in [2.05, 4.69) is 4.98 Å². The summed E-state index contributed by atoms with van der Waals surface area (Å²) < 4.78 is 1.72. The largest absolute Gasteiger partial charge is 0.325 e. The van der Waals surface area contributed by atoms with Crippen LogP contribution < -0.4 is 5.69 Å². The van der Waals surface area contributed by atoms with Crippen molar-refractivity contribution in [3.63, 3.8) is 0 Å². The highest BCUT2D eigenvalue weighted by Gasteiger charge is 2.02. The highest BCUT2D eigenvalue weighted by molar-refractivity contribution is 5.08. The topological polar surface area (TPSA) is 37.8 Å². The Bertz CT molecular complexity index is 282. The van der Waals surface area contributed by atoms with Gasteiger partial charge in [0.1, 0.15) is 0 Å². The fourth-order valence-corrected chi connectivity index (χ4v) is 1.05. The van der Waals surface area contributed by atoms with Gasteiger partial charge in [0.25, 0.3) is 0 Å². The molecule has 1 heterocycles. The zero-order valence-corrected chi connectivity index (χ0v) is 6.56. The first-order valence-electron chi connectivity index (χ1n) is 3.42. The number of hydrogen-bond acceptors (Lipinski definition) is 1. The van der Waals surface area contributed by atoms with Crippen LogP contribution in [0.1, 0.15) is 18.3 Å². The first-order valence-corrected chi connectivity index (χ1v) is 3.42. The summed E-state index contributed by atoms with van der Waals surface area (Å²) in [5, 5.41) is 0. The van der Waals surface area contributed by atoms with Crippen LogP contribution >= 0.6 is 0 Å². The number of nitrogens with one attached hydrogen (secondary N) is 1. The molecule has 0 aliphatic heterocycles. The molecule has 3 nitrogen and oxygen atoms in total. The standard InChI is InChI=1S/C7H12N2O/c1-4-9-6(3)5(2)8-7(9)10/h4H2,1-3H3,(H,8,10). The molecule has 1 aromatic rings. The highest BCUT2D eigenvalue weighted by Crippen LogP contribution is 1.98. The second-order valence-electron chi connectivity index (χ2n) is 2.38. The van der Waals surface area contributed by atoms with Crippen LogP contribution in [0.5, 0.6) is 0 Å². The number of aryl methyl sites for hydroxylation is 1. The molecule has 0 aromatic carbocycles. The average molecular weight is 140 g/mol. The molecule has 0 aliphatic rings. The van der Waals surface area contributed by atoms with E-state index in [9.17, 15) is 4.79 Å². The van der Waals surface area contributed by atoms with Crippen LogP contribution in [0.15, 0.2) is 4.79 Å². The fraction of sp³-hybridized carbons (Fsp3) is 0.571. The first-order chi connectivity index (χ1) is 4.66. The SMILES string of the molecule is CCn1c(C)c(C)[nH]c1=O. The number of imidazole rings is 1. The molecule has 0 aliphatic carbocycles. The van der Waals surface area contributed by atoms with Gasteiger partial charge in [-0.05, 0) is 20.8 Å². The number of H-pyrrole nitrogens is 1. The van der Waals surface area contributed by atoms with Crippen molar-refractivity contribution in [2.75, 3.05) is 0 Å². The Balaban J connectivity index is 3.34. The molecule has 1 aromatic heterocycles. The van der Waals surface area contributed by atoms with Crippen LogP contribution in [-0.2, 0) is 6.54 Å². The van der Waals surface area contributed by atoms with Gasteiger partial charge < -0.3 is 4.98 Å². The van der Waals surface area contributed by atoms with Crippen LogP contribution in [0, 0.1) is 13.8 Å². The van der Waals surface area contributed by atoms with E-state index in [0.29, 0.717) is 0 Å². The Morgan fingerprint density at radius 3 is 2.30 bits per heavy atom. The van der Waals surface area contributed by atoms with Gasteiger partial charge in [-0.25, -0.2) is 4.79 Å². The second kappa shape index (κ2) is 2.33. The summed E-state index contributed by atoms with van der Waals surface area (Å²) >= 11 is 0. The summed E-state index contributed by atoms with van der Waals surface area (Å²) in [6, 6.07) is 0. The number of hydrogen-bond donors (Lipinski definition) is 1. The Kier molecular flexibility index (Phi) is 1.66. The Morgan fingerprint density at radius 2 is 2.10 bits per heavy atom. The van der Waals surface area contributed by atoms with Crippen LogP contribution in [0.25, 0.3) is 0 Å². The molecule has 0 unspecified atom stereocenters. The summed E-state index contributed by atoms with van der Waals surface area (Å²) in [5.74, 6) is 0. The van der Waals surface area contributed by atoms with E-state index in [1.165, 1.54) is 0 Å². The lowest BCUT2D eigenvalue weighted by atomic mass is 10.4. The molecule has 56 valence electrons. The van der Waals surface area contributed by atoms with Gasteiger partial charge in [-0.15, -0.1) is 0 Å². The van der Waals surface area contributed by atoms with Crippen LogP contribution in [0.3, 0.4) is 0 Å². The minimum absolute atomic E-state index is 0.00231. The summed E-state index contributed by atoms with van der Waals surface area (Å²) in [5.41, 5.74) is 2.00. The smallest absolute Gasteiger partial charge is 0.310 e. The number of aromatic nitrogens is 2. The highest BCUT2D eigenvalue weighted by atomic mass is 16.1. The Hall–Kier alpha value is -0.990. The maximum Gasteiger partial charge on any atom is 0.325 e. The average Bonchev–Trinajstić information content (AvgIpc) is 2.09. The molecule has 0 radical (unpaired) electrons. The van der Waals surface area contributed by atoms with Gasteiger partial charge in [-0.3, -0.25) is 4.57 Å². The lowest BCUT2D eigenvalue weighted by Gasteiger charge is -1.96. The molecule has 0 saturated heterocycles. The Morgan fingerprint density at radius 1 is 1.50 bits per heavy atom. The van der Waals surface area contributed by atoms with Crippen molar-refractivity contribution >= 4 is 0 Å². The van der Waals surface area contributed by atoms with Gasteiger partial charge in [0.2, 0.25) is 0 Å². The summed E-state index contributed by atoms with van der Waals surface area (Å²) in [4.78, 5) is 13.7. The predicted octanol–water partition coefficient (Wildman–Crippen LogP) is 0.813. The predicted molar refractivity (Wildman–Crippen MR) is 40.2 cm³/mol. The van der Waals surface area contributed by atoms with Gasteiger partial charge in [0, 0.05) is 17.9 Å². The van der Waals surface area contributed by atoms with E-state index in [4.69, 9.17) is 0 Å². The maximum atomic E-state index is 11.0. The fourth-order valence-electron chi connectivity index (χ4n) is 1.05. The maximum absolute atomic E-state index is 11.0. The van der Waals surface area contributed by atoms with Gasteiger partial charge in [-0.1, -0.05) is 0 Å². The molecule has 0 saturated carbocycles. The van der Waals surface area contributed by atoms with Crippen LogP contribution in [0.4, 0.5) is 0 Å².